The number of carbonyl (C=O) groups is 12. The first-order valence-corrected chi connectivity index (χ1v) is 36.1. The van der Waals surface area contributed by atoms with Crippen molar-refractivity contribution >= 4 is 82.5 Å². The van der Waals surface area contributed by atoms with E-state index in [0.717, 1.165) is 77.3 Å². The number of hydrogen-bond donors (Lipinski definition) is 3. The predicted molar refractivity (Wildman–Crippen MR) is 360 cm³/mol. The molecule has 0 unspecified atom stereocenters. The summed E-state index contributed by atoms with van der Waals surface area (Å²) >= 11 is 6.14. The second-order valence-corrected chi connectivity index (χ2v) is 29.4. The first kappa shape index (κ1) is 81.0. The maximum Gasteiger partial charge on any atom is 0.417 e. The summed E-state index contributed by atoms with van der Waals surface area (Å²) < 4.78 is 85.9. The molecule has 24 nitrogen and oxygen atoms in total. The molecule has 8 atom stereocenters. The first-order valence-electron chi connectivity index (χ1n) is 35.7. The molecule has 0 radical (unpaired) electrons. The van der Waals surface area contributed by atoms with Crippen LogP contribution in [0.3, 0.4) is 0 Å². The number of nitrogens with zero attached hydrogens (tertiary/aromatic N) is 9. The molecular formula is C70H103ClF6N12O12. The molecule has 3 aliphatic carbocycles. The Bertz CT molecular complexity index is 3180. The summed E-state index contributed by atoms with van der Waals surface area (Å²) in [5.41, 5.74) is -2.49. The second-order valence-electron chi connectivity index (χ2n) is 29.0. The van der Waals surface area contributed by atoms with Gasteiger partial charge in [0.15, 0.2) is 0 Å². The Morgan fingerprint density at radius 3 is 1.80 bits per heavy atom. The molecule has 1 aromatic rings. The van der Waals surface area contributed by atoms with Crippen molar-refractivity contribution in [2.24, 2.45) is 17.8 Å². The molecule has 12 amide bonds. The van der Waals surface area contributed by atoms with E-state index in [1.165, 1.54) is 68.0 Å². The monoisotopic (exact) mass is 1450 g/mol. The lowest BCUT2D eigenvalue weighted by Gasteiger charge is -2.43. The van der Waals surface area contributed by atoms with Crippen LogP contribution in [0.25, 0.3) is 0 Å². The van der Waals surface area contributed by atoms with Gasteiger partial charge in [0.2, 0.25) is 70.9 Å². The van der Waals surface area contributed by atoms with E-state index in [1.807, 2.05) is 0 Å². The zero-order valence-corrected chi connectivity index (χ0v) is 60.5. The lowest BCUT2D eigenvalue weighted by Crippen LogP contribution is -2.65. The largest absolute Gasteiger partial charge is 0.417 e. The molecule has 101 heavy (non-hydrogen) atoms. The molecule has 3 heterocycles. The van der Waals surface area contributed by atoms with Gasteiger partial charge in [-0.2, -0.15) is 26.3 Å². The number of likely N-dealkylation sites (tertiary alicyclic amines) is 1. The number of nitrogens with one attached hydrogen (secondary N) is 3. The molecule has 3 N–H and O–H groups in total. The maximum atomic E-state index is 15.6. The highest BCUT2D eigenvalue weighted by Gasteiger charge is 2.52. The highest BCUT2D eigenvalue weighted by Crippen LogP contribution is 2.39. The zero-order valence-electron chi connectivity index (χ0n) is 59.8. The number of carbonyl (C=O) groups excluding carboxylic acids is 12. The molecule has 0 aromatic heterocycles. The molecule has 6 fully saturated rings. The standard InChI is InChI=1S/C70H103ClF6N12O12/c1-10-43(2)58-65(99)83(5)41-56(92)81(3)42-57(93)84(6)51(37-44-22-13-11-14-23-44)63(97)82(4)40-54(90)78-49(30-28-45-27-29-47(48(71)36-45)70(75,76)77)62(96)89-35-21-26-50(89)61(95)80-68(31-17-18-32-68)67(101)87(9)59(46-24-15-12-16-25-46)66(100)86(8)52(64(98)88-33-19-20-34-88)38-55(91)85(7)53(60(94)79-58)39-69(72,73)74/h27,29,36,43-44,46,49-53,58-59H,10-26,28,30-35,37-42H2,1-9H3,(H,78,90)(H,79,94)(H,80,95)/t43-,49-,50-,51-,52-,53-,58-,59-/m0/s1. The van der Waals surface area contributed by atoms with Crippen molar-refractivity contribution in [1.82, 2.24) is 60.0 Å². The van der Waals surface area contributed by atoms with Crippen LogP contribution in [-0.2, 0) is 70.1 Å². The number of alkyl halides is 6. The van der Waals surface area contributed by atoms with E-state index >= 15 is 19.2 Å². The number of amides is 12. The fourth-order valence-electron chi connectivity index (χ4n) is 15.4. The molecule has 3 saturated heterocycles. The van der Waals surface area contributed by atoms with Crippen LogP contribution in [0, 0.1) is 17.8 Å². The summed E-state index contributed by atoms with van der Waals surface area (Å²) in [5, 5.41) is 7.55. The highest BCUT2D eigenvalue weighted by atomic mass is 35.5. The molecule has 31 heteroatoms. The van der Waals surface area contributed by atoms with Gasteiger partial charge in [0, 0.05) is 69.0 Å². The third kappa shape index (κ3) is 20.6. The van der Waals surface area contributed by atoms with Gasteiger partial charge in [-0.15, -0.1) is 0 Å². The summed E-state index contributed by atoms with van der Waals surface area (Å²) in [5.74, 6) is -11.5. The smallest absolute Gasteiger partial charge is 0.343 e. The van der Waals surface area contributed by atoms with Crippen molar-refractivity contribution in [1.29, 1.82) is 0 Å². The number of fused-ring (bicyclic) bond motifs is 1. The highest BCUT2D eigenvalue weighted by molar-refractivity contribution is 6.31. The molecule has 3 saturated carbocycles. The second kappa shape index (κ2) is 35.3. The van der Waals surface area contributed by atoms with E-state index in [4.69, 9.17) is 11.6 Å². The van der Waals surface area contributed by atoms with E-state index in [-0.39, 0.29) is 82.5 Å². The summed E-state index contributed by atoms with van der Waals surface area (Å²) in [6.45, 7) is 1.62. The van der Waals surface area contributed by atoms with Gasteiger partial charge in [0.25, 0.3) is 0 Å². The van der Waals surface area contributed by atoms with Gasteiger partial charge in [-0.05, 0) is 106 Å². The molecule has 7 rings (SSSR count). The van der Waals surface area contributed by atoms with Crippen molar-refractivity contribution in [3.63, 3.8) is 0 Å². The number of rotatable bonds is 10. The topological polar surface area (TPSA) is 270 Å². The summed E-state index contributed by atoms with van der Waals surface area (Å²) in [6, 6.07) is -7.76. The Hall–Kier alpha value is -7.27. The van der Waals surface area contributed by atoms with Gasteiger partial charge in [0.1, 0.15) is 47.8 Å². The van der Waals surface area contributed by atoms with Crippen molar-refractivity contribution in [2.75, 3.05) is 88.6 Å². The number of likely N-dealkylation sites (N-methyl/N-ethyl adjacent to an activating group) is 7. The van der Waals surface area contributed by atoms with E-state index < -0.39 is 186 Å². The van der Waals surface area contributed by atoms with E-state index in [9.17, 15) is 64.7 Å². The normalized spacial score (nSPS) is 26.8. The minimum absolute atomic E-state index is 0.0114. The SMILES string of the molecule is CC[C@H](C)[C@@H]1NC(=O)[C@H](CC(F)(F)F)N(C)C(=O)C[C@@H](C(=O)N2CCCC2)N(C)C(=O)[C@H](C2CCCCC2)N(C)C(=O)C2(CCCC2)NC(=O)[C@@H]2CCCN2C(=O)[C@H](CCc2ccc(C(F)(F)F)c(Cl)c2)NC(=O)CN(C)C(=O)[C@H](CC2CCCCC2)N(C)C(=O)CN(C)C(=O)CN(C)C1=O. The molecule has 3 aliphatic heterocycles. The average Bonchev–Trinajstić information content (AvgIpc) is 1.76. The van der Waals surface area contributed by atoms with Crippen molar-refractivity contribution in [2.45, 2.75) is 228 Å². The van der Waals surface area contributed by atoms with Gasteiger partial charge >= 0.3 is 12.4 Å². The Kier molecular flexibility index (Phi) is 28.3. The van der Waals surface area contributed by atoms with Crippen LogP contribution in [0.5, 0.6) is 0 Å². The summed E-state index contributed by atoms with van der Waals surface area (Å²) in [4.78, 5) is 187. The minimum Gasteiger partial charge on any atom is -0.343 e. The van der Waals surface area contributed by atoms with E-state index in [1.54, 1.807) is 13.8 Å². The Morgan fingerprint density at radius 2 is 1.21 bits per heavy atom. The quantitative estimate of drug-likeness (QED) is 0.230. The summed E-state index contributed by atoms with van der Waals surface area (Å²) in [7, 11) is 8.83. The Labute approximate surface area is 592 Å². The van der Waals surface area contributed by atoms with Crippen LogP contribution >= 0.6 is 11.6 Å². The number of benzene rings is 1. The van der Waals surface area contributed by atoms with Crippen molar-refractivity contribution < 1.29 is 83.9 Å². The van der Waals surface area contributed by atoms with Crippen LogP contribution in [0.4, 0.5) is 26.3 Å². The van der Waals surface area contributed by atoms with Gasteiger partial charge in [-0.1, -0.05) is 102 Å². The van der Waals surface area contributed by atoms with E-state index in [0.29, 0.717) is 56.3 Å². The molecule has 6 aliphatic rings. The predicted octanol–water partition coefficient (Wildman–Crippen LogP) is 5.94. The number of aryl methyl sites for hydroxylation is 1. The summed E-state index contributed by atoms with van der Waals surface area (Å²) in [6.07, 6.45) is -3.04. The molecule has 564 valence electrons. The zero-order chi connectivity index (χ0) is 74.6. The van der Waals surface area contributed by atoms with Crippen molar-refractivity contribution in [3.05, 3.63) is 34.3 Å². The van der Waals surface area contributed by atoms with Gasteiger partial charge in [-0.3, -0.25) is 57.5 Å². The van der Waals surface area contributed by atoms with Gasteiger partial charge < -0.3 is 60.0 Å². The fourth-order valence-corrected chi connectivity index (χ4v) is 15.7. The van der Waals surface area contributed by atoms with Crippen molar-refractivity contribution in [3.8, 4) is 0 Å². The van der Waals surface area contributed by atoms with Crippen LogP contribution in [0.1, 0.15) is 173 Å². The third-order valence-electron chi connectivity index (χ3n) is 21.8. The Balaban J connectivity index is 1.29. The molecule has 0 bridgehead atoms. The number of hydrogen-bond acceptors (Lipinski definition) is 12. The minimum atomic E-state index is -5.09. The van der Waals surface area contributed by atoms with Crippen LogP contribution in [-0.4, -0.2) is 258 Å². The van der Waals surface area contributed by atoms with E-state index in [2.05, 4.69) is 16.0 Å². The fraction of sp³-hybridized carbons (Fsp3) is 0.743. The first-order chi connectivity index (χ1) is 47.5. The van der Waals surface area contributed by atoms with Crippen LogP contribution in [0.2, 0.25) is 5.02 Å². The molecule has 1 spiro atoms. The lowest BCUT2D eigenvalue weighted by atomic mass is 9.81. The van der Waals surface area contributed by atoms with Crippen LogP contribution in [0.15, 0.2) is 18.2 Å². The lowest BCUT2D eigenvalue weighted by molar-refractivity contribution is -0.163. The third-order valence-corrected chi connectivity index (χ3v) is 22.1. The van der Waals surface area contributed by atoms with Gasteiger partial charge in [-0.25, -0.2) is 0 Å². The molecular weight excluding hydrogens is 1350 g/mol. The van der Waals surface area contributed by atoms with Gasteiger partial charge in [0.05, 0.1) is 43.1 Å². The number of halogens is 7. The molecule has 1 aromatic carbocycles. The average molecular weight is 1450 g/mol. The Morgan fingerprint density at radius 1 is 0.614 bits per heavy atom. The maximum absolute atomic E-state index is 15.6. The van der Waals surface area contributed by atoms with Crippen LogP contribution < -0.4 is 16.0 Å².